The van der Waals surface area contributed by atoms with Crippen molar-refractivity contribution in [3.63, 3.8) is 0 Å². The molecule has 1 fully saturated rings. The van der Waals surface area contributed by atoms with E-state index in [0.717, 1.165) is 39.9 Å². The summed E-state index contributed by atoms with van der Waals surface area (Å²) in [7, 11) is 1.69. The number of hydrogen-bond donors (Lipinski definition) is 0. The largest absolute Gasteiger partial charge is 0.497 e. The maximum Gasteiger partial charge on any atom is 0.222 e. The summed E-state index contributed by atoms with van der Waals surface area (Å²) in [6, 6.07) is 14.4. The van der Waals surface area contributed by atoms with Crippen LogP contribution in [0, 0.1) is 5.92 Å². The van der Waals surface area contributed by atoms with Gasteiger partial charge in [0.05, 0.1) is 19.2 Å². The standard InChI is InChI=1S/C23H28N2O2/c1-3-12-25-13-10-17(11-14-25)16-27-23-21-15-18(26-2)8-9-19(21)20-6-4-5-7-22(20)24-23/h4-9,15,17H,3,10-14,16H2,1-2H3. The van der Waals surface area contributed by atoms with E-state index in [-0.39, 0.29) is 0 Å². The summed E-state index contributed by atoms with van der Waals surface area (Å²) in [6.45, 7) is 6.56. The predicted octanol–water partition coefficient (Wildman–Crippen LogP) is 4.90. The van der Waals surface area contributed by atoms with E-state index < -0.39 is 0 Å². The molecular formula is C23H28N2O2. The van der Waals surface area contributed by atoms with Crippen molar-refractivity contribution in [1.29, 1.82) is 0 Å². The Morgan fingerprint density at radius 1 is 1.04 bits per heavy atom. The van der Waals surface area contributed by atoms with E-state index in [4.69, 9.17) is 14.5 Å². The second kappa shape index (κ2) is 8.13. The Labute approximate surface area is 161 Å². The van der Waals surface area contributed by atoms with Crippen LogP contribution in [0.3, 0.4) is 0 Å². The summed E-state index contributed by atoms with van der Waals surface area (Å²) < 4.78 is 11.7. The summed E-state index contributed by atoms with van der Waals surface area (Å²) in [5.41, 5.74) is 0.975. The van der Waals surface area contributed by atoms with Gasteiger partial charge in [-0.3, -0.25) is 0 Å². The van der Waals surface area contributed by atoms with Crippen LogP contribution in [0.1, 0.15) is 26.2 Å². The Kier molecular flexibility index (Phi) is 5.44. The number of hydrogen-bond acceptors (Lipinski definition) is 4. The van der Waals surface area contributed by atoms with Crippen molar-refractivity contribution >= 4 is 21.7 Å². The monoisotopic (exact) mass is 364 g/mol. The molecule has 0 N–H and O–H groups in total. The van der Waals surface area contributed by atoms with Gasteiger partial charge in [0, 0.05) is 10.8 Å². The van der Waals surface area contributed by atoms with Gasteiger partial charge in [0.1, 0.15) is 5.75 Å². The first-order chi connectivity index (χ1) is 13.3. The molecule has 0 radical (unpaired) electrons. The summed E-state index contributed by atoms with van der Waals surface area (Å²) in [5, 5.41) is 3.33. The lowest BCUT2D eigenvalue weighted by Crippen LogP contribution is -2.35. The lowest BCUT2D eigenvalue weighted by atomic mass is 9.97. The summed E-state index contributed by atoms with van der Waals surface area (Å²) in [5.74, 6) is 2.16. The molecule has 0 aliphatic carbocycles. The summed E-state index contributed by atoms with van der Waals surface area (Å²) in [4.78, 5) is 7.38. The van der Waals surface area contributed by atoms with Crippen LogP contribution in [0.2, 0.25) is 0 Å². The number of fused-ring (bicyclic) bond motifs is 3. The van der Waals surface area contributed by atoms with Gasteiger partial charge in [-0.05, 0) is 74.5 Å². The first-order valence-corrected chi connectivity index (χ1v) is 10.00. The van der Waals surface area contributed by atoms with Crippen LogP contribution < -0.4 is 9.47 Å². The van der Waals surface area contributed by atoms with Gasteiger partial charge in [-0.1, -0.05) is 25.1 Å². The fourth-order valence-corrected chi connectivity index (χ4v) is 4.03. The topological polar surface area (TPSA) is 34.6 Å². The molecule has 142 valence electrons. The smallest absolute Gasteiger partial charge is 0.222 e. The SMILES string of the molecule is CCCN1CCC(COc2nc3ccccc3c3ccc(OC)cc23)CC1. The zero-order valence-electron chi connectivity index (χ0n) is 16.3. The normalized spacial score (nSPS) is 16.1. The van der Waals surface area contributed by atoms with Gasteiger partial charge in [0.25, 0.3) is 0 Å². The summed E-state index contributed by atoms with van der Waals surface area (Å²) >= 11 is 0. The second-order valence-corrected chi connectivity index (χ2v) is 7.44. The van der Waals surface area contributed by atoms with Gasteiger partial charge in [0.2, 0.25) is 5.88 Å². The van der Waals surface area contributed by atoms with E-state index >= 15 is 0 Å². The number of aromatic nitrogens is 1. The van der Waals surface area contributed by atoms with Crippen LogP contribution in [0.4, 0.5) is 0 Å². The Morgan fingerprint density at radius 2 is 1.85 bits per heavy atom. The van der Waals surface area contributed by atoms with Crippen LogP contribution >= 0.6 is 0 Å². The average molecular weight is 364 g/mol. The van der Waals surface area contributed by atoms with Gasteiger partial charge < -0.3 is 14.4 Å². The highest BCUT2D eigenvalue weighted by molar-refractivity contribution is 6.08. The maximum atomic E-state index is 6.28. The Hall–Kier alpha value is -2.33. The first kappa shape index (κ1) is 18.1. The molecule has 0 bridgehead atoms. The minimum atomic E-state index is 0.604. The van der Waals surface area contributed by atoms with E-state index in [1.165, 1.54) is 38.9 Å². The molecule has 0 unspecified atom stereocenters. The number of piperidine rings is 1. The second-order valence-electron chi connectivity index (χ2n) is 7.44. The van der Waals surface area contributed by atoms with Crippen molar-refractivity contribution in [3.8, 4) is 11.6 Å². The fraction of sp³-hybridized carbons (Fsp3) is 0.435. The highest BCUT2D eigenvalue weighted by Gasteiger charge is 2.20. The quantitative estimate of drug-likeness (QED) is 0.583. The third-order valence-electron chi connectivity index (χ3n) is 5.58. The van der Waals surface area contributed by atoms with Crippen molar-refractivity contribution < 1.29 is 9.47 Å². The van der Waals surface area contributed by atoms with Crippen molar-refractivity contribution in [1.82, 2.24) is 9.88 Å². The molecule has 1 saturated heterocycles. The zero-order valence-corrected chi connectivity index (χ0v) is 16.3. The first-order valence-electron chi connectivity index (χ1n) is 10.00. The van der Waals surface area contributed by atoms with Crippen molar-refractivity contribution in [2.75, 3.05) is 33.4 Å². The molecular weight excluding hydrogens is 336 g/mol. The molecule has 0 atom stereocenters. The lowest BCUT2D eigenvalue weighted by molar-refractivity contribution is 0.140. The predicted molar refractivity (Wildman–Crippen MR) is 111 cm³/mol. The van der Waals surface area contributed by atoms with Crippen LogP contribution in [0.5, 0.6) is 11.6 Å². The highest BCUT2D eigenvalue weighted by atomic mass is 16.5. The van der Waals surface area contributed by atoms with Crippen LogP contribution in [-0.2, 0) is 0 Å². The zero-order chi connectivity index (χ0) is 18.6. The molecule has 3 aromatic rings. The molecule has 0 amide bonds. The van der Waals surface area contributed by atoms with Crippen LogP contribution in [0.25, 0.3) is 21.7 Å². The van der Waals surface area contributed by atoms with Crippen molar-refractivity contribution in [2.45, 2.75) is 26.2 Å². The van der Waals surface area contributed by atoms with Gasteiger partial charge in [-0.2, -0.15) is 0 Å². The Morgan fingerprint density at radius 3 is 2.63 bits per heavy atom. The summed E-state index contributed by atoms with van der Waals surface area (Å²) in [6.07, 6.45) is 3.64. The van der Waals surface area contributed by atoms with Crippen molar-refractivity contribution in [3.05, 3.63) is 42.5 Å². The van der Waals surface area contributed by atoms with E-state index in [1.54, 1.807) is 7.11 Å². The van der Waals surface area contributed by atoms with Gasteiger partial charge in [-0.25, -0.2) is 4.98 Å². The molecule has 1 aliphatic heterocycles. The number of likely N-dealkylation sites (tertiary alicyclic amines) is 1. The number of rotatable bonds is 6. The molecule has 4 heteroatoms. The van der Waals surface area contributed by atoms with Gasteiger partial charge in [-0.15, -0.1) is 0 Å². The third-order valence-corrected chi connectivity index (χ3v) is 5.58. The van der Waals surface area contributed by atoms with Gasteiger partial charge >= 0.3 is 0 Å². The van der Waals surface area contributed by atoms with Crippen LogP contribution in [-0.4, -0.2) is 43.2 Å². The van der Waals surface area contributed by atoms with Gasteiger partial charge in [0.15, 0.2) is 0 Å². The molecule has 0 spiro atoms. The molecule has 0 saturated carbocycles. The van der Waals surface area contributed by atoms with Crippen LogP contribution in [0.15, 0.2) is 42.5 Å². The maximum absolute atomic E-state index is 6.28. The third kappa shape index (κ3) is 3.86. The fourth-order valence-electron chi connectivity index (χ4n) is 4.03. The number of para-hydroxylation sites is 1. The molecule has 1 aliphatic rings. The Bertz CT molecular complexity index is 917. The molecule has 2 heterocycles. The van der Waals surface area contributed by atoms with E-state index in [2.05, 4.69) is 36.1 Å². The number of pyridine rings is 1. The number of benzene rings is 2. The van der Waals surface area contributed by atoms with E-state index in [0.29, 0.717) is 5.92 Å². The number of ether oxygens (including phenoxy) is 2. The van der Waals surface area contributed by atoms with E-state index in [1.807, 2.05) is 18.2 Å². The highest BCUT2D eigenvalue weighted by Crippen LogP contribution is 2.33. The number of methoxy groups -OCH3 is 1. The molecule has 2 aromatic carbocycles. The molecule has 4 rings (SSSR count). The molecule has 4 nitrogen and oxygen atoms in total. The minimum absolute atomic E-state index is 0.604. The minimum Gasteiger partial charge on any atom is -0.497 e. The average Bonchev–Trinajstić information content (AvgIpc) is 2.73. The lowest BCUT2D eigenvalue weighted by Gasteiger charge is -2.31. The Balaban J connectivity index is 1.58. The molecule has 27 heavy (non-hydrogen) atoms. The molecule has 1 aromatic heterocycles. The number of nitrogens with zero attached hydrogens (tertiary/aromatic N) is 2. The van der Waals surface area contributed by atoms with E-state index in [9.17, 15) is 0 Å². The van der Waals surface area contributed by atoms with Crippen molar-refractivity contribution in [2.24, 2.45) is 5.92 Å².